The third kappa shape index (κ3) is 3.87. The van der Waals surface area contributed by atoms with Gasteiger partial charge >= 0.3 is 0 Å². The molecule has 2 aromatic rings. The molecule has 2 aromatic carbocycles. The van der Waals surface area contributed by atoms with Crippen molar-refractivity contribution in [3.05, 3.63) is 58.4 Å². The molecule has 0 unspecified atom stereocenters. The molecule has 0 bridgehead atoms. The molecule has 0 fully saturated rings. The van der Waals surface area contributed by atoms with Gasteiger partial charge in [-0.2, -0.15) is 5.26 Å². The second kappa shape index (κ2) is 6.96. The van der Waals surface area contributed by atoms with Crippen molar-refractivity contribution in [3.8, 4) is 11.8 Å². The second-order valence-corrected chi connectivity index (χ2v) is 4.76. The summed E-state index contributed by atoms with van der Waals surface area (Å²) in [6.45, 7) is 2.67. The van der Waals surface area contributed by atoms with E-state index in [0.717, 1.165) is 5.56 Å². The predicted octanol–water partition coefficient (Wildman–Crippen LogP) is 4.36. The monoisotopic (exact) mass is 304 g/mol. The van der Waals surface area contributed by atoms with Crippen LogP contribution >= 0.6 is 11.6 Å². The Morgan fingerprint density at radius 2 is 2.10 bits per heavy atom. The van der Waals surface area contributed by atoms with Crippen LogP contribution in [0.2, 0.25) is 5.02 Å². The number of hydrogen-bond acceptors (Lipinski definition) is 3. The number of halogens is 2. The van der Waals surface area contributed by atoms with Gasteiger partial charge in [-0.3, -0.25) is 0 Å². The highest BCUT2D eigenvalue weighted by atomic mass is 35.5. The smallest absolute Gasteiger partial charge is 0.167 e. The highest BCUT2D eigenvalue weighted by Crippen LogP contribution is 2.23. The largest absolute Gasteiger partial charge is 0.491 e. The van der Waals surface area contributed by atoms with Crippen molar-refractivity contribution < 1.29 is 9.13 Å². The fraction of sp³-hybridized carbons (Fsp3) is 0.188. The van der Waals surface area contributed by atoms with Crippen molar-refractivity contribution in [2.75, 3.05) is 11.9 Å². The van der Waals surface area contributed by atoms with Crippen molar-refractivity contribution >= 4 is 17.3 Å². The molecule has 0 heterocycles. The second-order valence-electron chi connectivity index (χ2n) is 4.35. The highest BCUT2D eigenvalue weighted by Gasteiger charge is 2.05. The van der Waals surface area contributed by atoms with Gasteiger partial charge in [0, 0.05) is 23.3 Å². The predicted molar refractivity (Wildman–Crippen MR) is 81.1 cm³/mol. The number of benzene rings is 2. The summed E-state index contributed by atoms with van der Waals surface area (Å²) in [6, 6.07) is 11.8. The maximum absolute atomic E-state index is 13.7. The zero-order valence-corrected chi connectivity index (χ0v) is 12.2. The van der Waals surface area contributed by atoms with E-state index in [1.807, 2.05) is 6.07 Å². The van der Waals surface area contributed by atoms with Gasteiger partial charge in [0.15, 0.2) is 11.6 Å². The minimum Gasteiger partial charge on any atom is -0.491 e. The summed E-state index contributed by atoms with van der Waals surface area (Å²) in [5.41, 5.74) is 1.98. The van der Waals surface area contributed by atoms with E-state index in [4.69, 9.17) is 21.6 Å². The summed E-state index contributed by atoms with van der Waals surface area (Å²) in [5, 5.41) is 12.4. The quantitative estimate of drug-likeness (QED) is 0.892. The molecular formula is C16H14ClFN2O. The van der Waals surface area contributed by atoms with E-state index in [1.54, 1.807) is 37.3 Å². The maximum Gasteiger partial charge on any atom is 0.167 e. The van der Waals surface area contributed by atoms with Crippen LogP contribution in [0.25, 0.3) is 0 Å². The molecular weight excluding hydrogens is 291 g/mol. The number of nitriles is 1. The minimum atomic E-state index is -0.409. The molecule has 0 aliphatic heterocycles. The fourth-order valence-electron chi connectivity index (χ4n) is 1.84. The summed E-state index contributed by atoms with van der Waals surface area (Å²) in [5.74, 6) is -0.174. The van der Waals surface area contributed by atoms with Crippen molar-refractivity contribution in [2.24, 2.45) is 0 Å². The molecule has 0 amide bonds. The molecule has 0 radical (unpaired) electrons. The van der Waals surface area contributed by atoms with Gasteiger partial charge in [0.1, 0.15) is 0 Å². The van der Waals surface area contributed by atoms with Gasteiger partial charge in [0.25, 0.3) is 0 Å². The number of hydrogen-bond donors (Lipinski definition) is 1. The molecule has 108 valence electrons. The number of rotatable bonds is 5. The molecule has 2 rings (SSSR count). The molecule has 0 atom stereocenters. The van der Waals surface area contributed by atoms with Gasteiger partial charge in [-0.15, -0.1) is 0 Å². The molecule has 0 aliphatic carbocycles. The molecule has 0 saturated heterocycles. The third-order valence-corrected chi connectivity index (χ3v) is 3.25. The SMILES string of the molecule is CCOc1ccc(NCc2ccc(C#N)cc2Cl)cc1F. The van der Waals surface area contributed by atoms with Gasteiger partial charge in [0.05, 0.1) is 18.2 Å². The average molecular weight is 305 g/mol. The van der Waals surface area contributed by atoms with Crippen LogP contribution in [0.5, 0.6) is 5.75 Å². The zero-order chi connectivity index (χ0) is 15.2. The van der Waals surface area contributed by atoms with Gasteiger partial charge in [-0.05, 0) is 36.8 Å². The van der Waals surface area contributed by atoms with Gasteiger partial charge in [-0.1, -0.05) is 17.7 Å². The first-order valence-corrected chi connectivity index (χ1v) is 6.86. The number of nitrogens with zero attached hydrogens (tertiary/aromatic N) is 1. The Morgan fingerprint density at radius 1 is 1.29 bits per heavy atom. The van der Waals surface area contributed by atoms with Crippen LogP contribution < -0.4 is 10.1 Å². The third-order valence-electron chi connectivity index (χ3n) is 2.90. The first kappa shape index (κ1) is 15.1. The van der Waals surface area contributed by atoms with E-state index >= 15 is 0 Å². The number of anilines is 1. The van der Waals surface area contributed by atoms with Gasteiger partial charge in [-0.25, -0.2) is 4.39 Å². The summed E-state index contributed by atoms with van der Waals surface area (Å²) in [6.07, 6.45) is 0. The zero-order valence-electron chi connectivity index (χ0n) is 11.5. The topological polar surface area (TPSA) is 45.0 Å². The fourth-order valence-corrected chi connectivity index (χ4v) is 2.09. The Morgan fingerprint density at radius 3 is 2.71 bits per heavy atom. The lowest BCUT2D eigenvalue weighted by molar-refractivity contribution is 0.321. The normalized spacial score (nSPS) is 10.0. The Kier molecular flexibility index (Phi) is 5.02. The summed E-state index contributed by atoms with van der Waals surface area (Å²) < 4.78 is 18.9. The van der Waals surface area contributed by atoms with E-state index in [0.29, 0.717) is 29.4 Å². The molecule has 0 saturated carbocycles. The van der Waals surface area contributed by atoms with E-state index < -0.39 is 5.82 Å². The molecule has 0 spiro atoms. The Labute approximate surface area is 127 Å². The molecule has 1 N–H and O–H groups in total. The summed E-state index contributed by atoms with van der Waals surface area (Å²) in [4.78, 5) is 0. The minimum absolute atomic E-state index is 0.236. The first-order valence-electron chi connectivity index (χ1n) is 6.48. The van der Waals surface area contributed by atoms with Crippen LogP contribution in [0, 0.1) is 17.1 Å². The highest BCUT2D eigenvalue weighted by molar-refractivity contribution is 6.31. The Bertz CT molecular complexity index is 682. The average Bonchev–Trinajstić information content (AvgIpc) is 2.48. The lowest BCUT2D eigenvalue weighted by Gasteiger charge is -2.10. The van der Waals surface area contributed by atoms with E-state index in [2.05, 4.69) is 5.32 Å². The van der Waals surface area contributed by atoms with Crippen LogP contribution in [0.15, 0.2) is 36.4 Å². The molecule has 5 heteroatoms. The lowest BCUT2D eigenvalue weighted by Crippen LogP contribution is -2.01. The standard InChI is InChI=1S/C16H14ClFN2O/c1-2-21-16-6-5-13(8-15(16)18)20-10-12-4-3-11(9-19)7-14(12)17/h3-8,20H,2,10H2,1H3. The Balaban J connectivity index is 2.06. The van der Waals surface area contributed by atoms with Crippen LogP contribution in [0.1, 0.15) is 18.1 Å². The van der Waals surface area contributed by atoms with Crippen molar-refractivity contribution in [2.45, 2.75) is 13.5 Å². The van der Waals surface area contributed by atoms with Gasteiger partial charge < -0.3 is 10.1 Å². The summed E-state index contributed by atoms with van der Waals surface area (Å²) in [7, 11) is 0. The van der Waals surface area contributed by atoms with Crippen LogP contribution in [0.4, 0.5) is 10.1 Å². The van der Waals surface area contributed by atoms with Crippen molar-refractivity contribution in [3.63, 3.8) is 0 Å². The first-order chi connectivity index (χ1) is 10.1. The summed E-state index contributed by atoms with van der Waals surface area (Å²) >= 11 is 6.09. The molecule has 21 heavy (non-hydrogen) atoms. The van der Waals surface area contributed by atoms with Crippen molar-refractivity contribution in [1.82, 2.24) is 0 Å². The van der Waals surface area contributed by atoms with E-state index in [1.165, 1.54) is 6.07 Å². The van der Waals surface area contributed by atoms with Crippen molar-refractivity contribution in [1.29, 1.82) is 5.26 Å². The maximum atomic E-state index is 13.7. The number of nitrogens with one attached hydrogen (secondary N) is 1. The molecule has 0 aliphatic rings. The van der Waals surface area contributed by atoms with Crippen LogP contribution in [0.3, 0.4) is 0 Å². The van der Waals surface area contributed by atoms with Gasteiger partial charge in [0.2, 0.25) is 0 Å². The molecule has 3 nitrogen and oxygen atoms in total. The molecule has 0 aromatic heterocycles. The van der Waals surface area contributed by atoms with Crippen LogP contribution in [-0.2, 0) is 6.54 Å². The van der Waals surface area contributed by atoms with E-state index in [-0.39, 0.29) is 5.75 Å². The van der Waals surface area contributed by atoms with E-state index in [9.17, 15) is 4.39 Å². The Hall–Kier alpha value is -2.25. The number of ether oxygens (including phenoxy) is 1. The lowest BCUT2D eigenvalue weighted by atomic mass is 10.1. The van der Waals surface area contributed by atoms with Crippen LogP contribution in [-0.4, -0.2) is 6.61 Å².